The SMILES string of the molecule is C/C=C/CNC(=O)c1csc(I)c1. The van der Waals surface area contributed by atoms with Gasteiger partial charge in [0.25, 0.3) is 5.91 Å². The van der Waals surface area contributed by atoms with Crippen molar-refractivity contribution in [2.24, 2.45) is 0 Å². The Bertz CT molecular complexity index is 319. The topological polar surface area (TPSA) is 29.1 Å². The molecule has 0 aliphatic heterocycles. The highest BCUT2D eigenvalue weighted by molar-refractivity contribution is 14.1. The molecular weight excluding hydrogens is 297 g/mol. The summed E-state index contributed by atoms with van der Waals surface area (Å²) in [6.07, 6.45) is 3.83. The third-order valence-corrected chi connectivity index (χ3v) is 3.23. The van der Waals surface area contributed by atoms with Crippen LogP contribution in [0.4, 0.5) is 0 Å². The number of nitrogens with one attached hydrogen (secondary N) is 1. The molecule has 0 saturated carbocycles. The van der Waals surface area contributed by atoms with Crippen molar-refractivity contribution in [3.63, 3.8) is 0 Å². The first-order valence-corrected chi connectivity index (χ1v) is 5.83. The van der Waals surface area contributed by atoms with Crippen LogP contribution in [-0.2, 0) is 0 Å². The Morgan fingerprint density at radius 3 is 3.08 bits per heavy atom. The van der Waals surface area contributed by atoms with E-state index < -0.39 is 0 Å². The van der Waals surface area contributed by atoms with Crippen LogP contribution in [0, 0.1) is 2.88 Å². The standard InChI is InChI=1S/C9H10INOS/c1-2-3-4-11-9(12)7-5-8(10)13-6-7/h2-3,5-6H,4H2,1H3,(H,11,12)/b3-2+. The van der Waals surface area contributed by atoms with Crippen LogP contribution >= 0.6 is 33.9 Å². The van der Waals surface area contributed by atoms with Crippen molar-refractivity contribution in [1.29, 1.82) is 0 Å². The van der Waals surface area contributed by atoms with Gasteiger partial charge in [0.2, 0.25) is 0 Å². The zero-order valence-corrected chi connectivity index (χ0v) is 10.2. The van der Waals surface area contributed by atoms with Crippen molar-refractivity contribution < 1.29 is 4.79 Å². The minimum absolute atomic E-state index is 0.00253. The van der Waals surface area contributed by atoms with Gasteiger partial charge in [-0.2, -0.15) is 0 Å². The normalized spacial score (nSPS) is 10.6. The number of hydrogen-bond acceptors (Lipinski definition) is 2. The summed E-state index contributed by atoms with van der Waals surface area (Å²) < 4.78 is 1.13. The number of thiophene rings is 1. The molecule has 0 aromatic carbocycles. The van der Waals surface area contributed by atoms with Crippen molar-refractivity contribution in [1.82, 2.24) is 5.32 Å². The van der Waals surface area contributed by atoms with Gasteiger partial charge in [0.05, 0.1) is 8.45 Å². The minimum atomic E-state index is -0.00253. The fourth-order valence-electron chi connectivity index (χ4n) is 0.801. The Morgan fingerprint density at radius 1 is 1.77 bits per heavy atom. The first-order valence-electron chi connectivity index (χ1n) is 3.87. The predicted octanol–water partition coefficient (Wildman–Crippen LogP) is 2.66. The summed E-state index contributed by atoms with van der Waals surface area (Å²) in [5, 5.41) is 4.66. The molecule has 0 fully saturated rings. The average Bonchev–Trinajstić information content (AvgIpc) is 2.52. The molecule has 1 heterocycles. The van der Waals surface area contributed by atoms with E-state index in [9.17, 15) is 4.79 Å². The summed E-state index contributed by atoms with van der Waals surface area (Å²) >= 11 is 3.78. The van der Waals surface area contributed by atoms with Crippen molar-refractivity contribution in [2.75, 3.05) is 6.54 Å². The van der Waals surface area contributed by atoms with Crippen molar-refractivity contribution >= 4 is 39.8 Å². The van der Waals surface area contributed by atoms with Crippen LogP contribution in [0.2, 0.25) is 0 Å². The monoisotopic (exact) mass is 307 g/mol. The number of rotatable bonds is 3. The molecule has 1 rings (SSSR count). The molecule has 0 saturated heterocycles. The molecule has 1 N–H and O–H groups in total. The molecule has 0 atom stereocenters. The highest BCUT2D eigenvalue weighted by Crippen LogP contribution is 2.16. The fraction of sp³-hybridized carbons (Fsp3) is 0.222. The van der Waals surface area contributed by atoms with Gasteiger partial charge in [-0.25, -0.2) is 0 Å². The van der Waals surface area contributed by atoms with E-state index in [0.717, 1.165) is 8.45 Å². The molecule has 0 unspecified atom stereocenters. The molecule has 4 heteroatoms. The molecule has 0 aliphatic carbocycles. The van der Waals surface area contributed by atoms with Gasteiger partial charge < -0.3 is 5.32 Å². The lowest BCUT2D eigenvalue weighted by molar-refractivity contribution is 0.0958. The second-order valence-corrected chi connectivity index (χ2v) is 5.22. The maximum Gasteiger partial charge on any atom is 0.252 e. The Hall–Kier alpha value is -0.360. The number of halogens is 1. The molecule has 0 spiro atoms. The third-order valence-electron chi connectivity index (χ3n) is 1.45. The Morgan fingerprint density at radius 2 is 2.54 bits per heavy atom. The van der Waals surface area contributed by atoms with Gasteiger partial charge in [0, 0.05) is 11.9 Å². The number of allylic oxidation sites excluding steroid dienone is 1. The van der Waals surface area contributed by atoms with Crippen molar-refractivity contribution in [2.45, 2.75) is 6.92 Å². The number of amides is 1. The average molecular weight is 307 g/mol. The van der Waals surface area contributed by atoms with Gasteiger partial charge >= 0.3 is 0 Å². The fourth-order valence-corrected chi connectivity index (χ4v) is 2.13. The van der Waals surface area contributed by atoms with Gasteiger partial charge in [-0.15, -0.1) is 11.3 Å². The Kier molecular flexibility index (Phi) is 4.44. The van der Waals surface area contributed by atoms with Gasteiger partial charge in [0.1, 0.15) is 0 Å². The lowest BCUT2D eigenvalue weighted by Gasteiger charge is -1.97. The molecule has 0 radical (unpaired) electrons. The van der Waals surface area contributed by atoms with Gasteiger partial charge in [-0.05, 0) is 35.6 Å². The molecule has 1 aromatic rings. The summed E-state index contributed by atoms with van der Waals surface area (Å²) in [6.45, 7) is 2.53. The Labute approximate surface area is 95.2 Å². The second-order valence-electron chi connectivity index (χ2n) is 2.42. The zero-order chi connectivity index (χ0) is 9.68. The van der Waals surface area contributed by atoms with Crippen molar-refractivity contribution in [3.05, 3.63) is 32.0 Å². The Balaban J connectivity index is 2.49. The lowest BCUT2D eigenvalue weighted by Crippen LogP contribution is -2.22. The summed E-state index contributed by atoms with van der Waals surface area (Å²) in [5.41, 5.74) is 0.749. The molecular formula is C9H10INOS. The van der Waals surface area contributed by atoms with Gasteiger partial charge in [-0.3, -0.25) is 4.79 Å². The summed E-state index contributed by atoms with van der Waals surface area (Å²) in [6, 6.07) is 1.89. The smallest absolute Gasteiger partial charge is 0.252 e. The molecule has 0 aliphatic rings. The van der Waals surface area contributed by atoms with Crippen LogP contribution < -0.4 is 5.32 Å². The summed E-state index contributed by atoms with van der Waals surface area (Å²) in [5.74, 6) is -0.00253. The van der Waals surface area contributed by atoms with Crippen LogP contribution in [0.15, 0.2) is 23.6 Å². The van der Waals surface area contributed by atoms with Crippen LogP contribution in [-0.4, -0.2) is 12.5 Å². The molecule has 2 nitrogen and oxygen atoms in total. The van der Waals surface area contributed by atoms with Crippen LogP contribution in [0.1, 0.15) is 17.3 Å². The van der Waals surface area contributed by atoms with E-state index in [1.165, 1.54) is 0 Å². The van der Waals surface area contributed by atoms with E-state index in [1.54, 1.807) is 11.3 Å². The number of carbonyl (C=O) groups is 1. The summed E-state index contributed by atoms with van der Waals surface area (Å²) in [7, 11) is 0. The van der Waals surface area contributed by atoms with Crippen LogP contribution in [0.25, 0.3) is 0 Å². The van der Waals surface area contributed by atoms with Gasteiger partial charge in [0.15, 0.2) is 0 Å². The van der Waals surface area contributed by atoms with E-state index in [-0.39, 0.29) is 5.91 Å². The van der Waals surface area contributed by atoms with E-state index in [1.807, 2.05) is 30.5 Å². The molecule has 70 valence electrons. The second kappa shape index (κ2) is 5.39. The van der Waals surface area contributed by atoms with Gasteiger partial charge in [-0.1, -0.05) is 12.2 Å². The molecule has 13 heavy (non-hydrogen) atoms. The maximum atomic E-state index is 11.4. The number of hydrogen-bond donors (Lipinski definition) is 1. The highest BCUT2D eigenvalue weighted by Gasteiger charge is 2.05. The molecule has 0 bridgehead atoms. The third kappa shape index (κ3) is 3.48. The first-order chi connectivity index (χ1) is 6.24. The van der Waals surface area contributed by atoms with Crippen LogP contribution in [0.3, 0.4) is 0 Å². The van der Waals surface area contributed by atoms with Crippen LogP contribution in [0.5, 0.6) is 0 Å². The number of carbonyl (C=O) groups excluding carboxylic acids is 1. The zero-order valence-electron chi connectivity index (χ0n) is 7.21. The van der Waals surface area contributed by atoms with E-state index in [4.69, 9.17) is 0 Å². The van der Waals surface area contributed by atoms with Crippen molar-refractivity contribution in [3.8, 4) is 0 Å². The first kappa shape index (κ1) is 10.7. The largest absolute Gasteiger partial charge is 0.349 e. The maximum absolute atomic E-state index is 11.4. The highest BCUT2D eigenvalue weighted by atomic mass is 127. The quantitative estimate of drug-likeness (QED) is 0.675. The van der Waals surface area contributed by atoms with E-state index in [0.29, 0.717) is 6.54 Å². The summed E-state index contributed by atoms with van der Waals surface area (Å²) in [4.78, 5) is 11.4. The minimum Gasteiger partial charge on any atom is -0.349 e. The predicted molar refractivity (Wildman–Crippen MR) is 64.2 cm³/mol. The van der Waals surface area contributed by atoms with E-state index >= 15 is 0 Å². The lowest BCUT2D eigenvalue weighted by atomic mass is 10.3. The van der Waals surface area contributed by atoms with E-state index in [2.05, 4.69) is 27.9 Å². The molecule has 1 amide bonds. The molecule has 1 aromatic heterocycles.